The summed E-state index contributed by atoms with van der Waals surface area (Å²) in [6, 6.07) is 3.22. The quantitative estimate of drug-likeness (QED) is 0.650. The van der Waals surface area contributed by atoms with Crippen LogP contribution in [-0.4, -0.2) is 40.0 Å². The lowest BCUT2D eigenvalue weighted by molar-refractivity contribution is -0.126. The highest BCUT2D eigenvalue weighted by atomic mass is 16.4. The van der Waals surface area contributed by atoms with Crippen molar-refractivity contribution >= 4 is 17.8 Å². The number of hydrogen-bond acceptors (Lipinski definition) is 3. The Morgan fingerprint density at radius 1 is 1.32 bits per heavy atom. The molecular formula is C12H15N3O4. The molecule has 0 aliphatic heterocycles. The Kier molecular flexibility index (Phi) is 3.84. The Morgan fingerprint density at radius 2 is 2.05 bits per heavy atom. The van der Waals surface area contributed by atoms with E-state index in [2.05, 4.69) is 10.6 Å². The minimum Gasteiger partial charge on any atom is -0.477 e. The molecule has 19 heavy (non-hydrogen) atoms. The molecular weight excluding hydrogens is 250 g/mol. The summed E-state index contributed by atoms with van der Waals surface area (Å²) in [6.45, 7) is -0.204. The van der Waals surface area contributed by atoms with Gasteiger partial charge in [-0.3, -0.25) is 9.59 Å². The van der Waals surface area contributed by atoms with Crippen LogP contribution in [0.15, 0.2) is 18.3 Å². The minimum atomic E-state index is -1.09. The molecule has 1 aromatic rings. The van der Waals surface area contributed by atoms with Gasteiger partial charge in [-0.25, -0.2) is 4.79 Å². The molecule has 7 nitrogen and oxygen atoms in total. The molecule has 0 radical (unpaired) electrons. The SMILES string of the molecule is O=C(Cn1cccc1C(=O)O)NCC(=O)NC1CC1. The monoisotopic (exact) mass is 265 g/mol. The normalized spacial score (nSPS) is 13.9. The highest BCUT2D eigenvalue weighted by molar-refractivity contribution is 5.88. The van der Waals surface area contributed by atoms with Crippen LogP contribution in [0, 0.1) is 0 Å². The van der Waals surface area contributed by atoms with Gasteiger partial charge in [0.05, 0.1) is 6.54 Å². The van der Waals surface area contributed by atoms with Crippen molar-refractivity contribution in [3.63, 3.8) is 0 Å². The standard InChI is InChI=1S/C12H15N3O4/c16-10(14-8-3-4-8)6-13-11(17)7-15-5-1-2-9(15)12(18)19/h1-2,5,8H,3-4,6-7H2,(H,13,17)(H,14,16)(H,18,19). The summed E-state index contributed by atoms with van der Waals surface area (Å²) in [7, 11) is 0. The summed E-state index contributed by atoms with van der Waals surface area (Å²) in [5.41, 5.74) is 0.0394. The molecule has 0 saturated heterocycles. The Labute approximate surface area is 109 Å². The molecule has 2 amide bonds. The maximum absolute atomic E-state index is 11.6. The molecule has 3 N–H and O–H groups in total. The molecule has 1 aliphatic carbocycles. The van der Waals surface area contributed by atoms with Crippen molar-refractivity contribution in [1.29, 1.82) is 0 Å². The number of nitrogens with one attached hydrogen (secondary N) is 2. The second-order valence-corrected chi connectivity index (χ2v) is 4.44. The fourth-order valence-corrected chi connectivity index (χ4v) is 1.64. The maximum Gasteiger partial charge on any atom is 0.352 e. The van der Waals surface area contributed by atoms with Gasteiger partial charge in [-0.2, -0.15) is 0 Å². The first kappa shape index (κ1) is 13.1. The lowest BCUT2D eigenvalue weighted by atomic mass is 10.4. The summed E-state index contributed by atoms with van der Waals surface area (Å²) < 4.78 is 1.32. The molecule has 0 aromatic carbocycles. The molecule has 0 unspecified atom stereocenters. The van der Waals surface area contributed by atoms with Gasteiger partial charge in [-0.15, -0.1) is 0 Å². The molecule has 1 fully saturated rings. The molecule has 2 rings (SSSR count). The summed E-state index contributed by atoms with van der Waals surface area (Å²) in [5, 5.41) is 14.1. The number of carboxylic acid groups (broad SMARTS) is 1. The van der Waals surface area contributed by atoms with Gasteiger partial charge in [0.15, 0.2) is 0 Å². The van der Waals surface area contributed by atoms with E-state index < -0.39 is 11.9 Å². The third-order valence-electron chi connectivity index (χ3n) is 2.75. The molecule has 1 aromatic heterocycles. The Bertz CT molecular complexity index is 505. The van der Waals surface area contributed by atoms with Crippen LogP contribution >= 0.6 is 0 Å². The smallest absolute Gasteiger partial charge is 0.352 e. The van der Waals surface area contributed by atoms with Crippen molar-refractivity contribution in [1.82, 2.24) is 15.2 Å². The third kappa shape index (κ3) is 3.84. The number of carbonyl (C=O) groups excluding carboxylic acids is 2. The molecule has 7 heteroatoms. The third-order valence-corrected chi connectivity index (χ3v) is 2.75. The first-order valence-electron chi connectivity index (χ1n) is 6.01. The van der Waals surface area contributed by atoms with E-state index in [9.17, 15) is 14.4 Å². The van der Waals surface area contributed by atoms with Crippen LogP contribution in [-0.2, 0) is 16.1 Å². The van der Waals surface area contributed by atoms with E-state index in [0.29, 0.717) is 0 Å². The predicted molar refractivity (Wildman–Crippen MR) is 65.6 cm³/mol. The van der Waals surface area contributed by atoms with Crippen LogP contribution in [0.3, 0.4) is 0 Å². The molecule has 1 aliphatic rings. The van der Waals surface area contributed by atoms with E-state index >= 15 is 0 Å². The van der Waals surface area contributed by atoms with Crippen molar-refractivity contribution in [3.8, 4) is 0 Å². The number of hydrogen-bond donors (Lipinski definition) is 3. The second kappa shape index (κ2) is 5.55. The average Bonchev–Trinajstić information content (AvgIpc) is 3.02. The van der Waals surface area contributed by atoms with Gasteiger partial charge >= 0.3 is 5.97 Å². The van der Waals surface area contributed by atoms with Crippen LogP contribution in [0.25, 0.3) is 0 Å². The summed E-state index contributed by atoms with van der Waals surface area (Å²) in [6.07, 6.45) is 3.49. The number of rotatable bonds is 6. The first-order chi connectivity index (χ1) is 9.06. The van der Waals surface area contributed by atoms with Gasteiger partial charge in [-0.05, 0) is 25.0 Å². The number of nitrogens with zero attached hydrogens (tertiary/aromatic N) is 1. The second-order valence-electron chi connectivity index (χ2n) is 4.44. The van der Waals surface area contributed by atoms with Crippen molar-refractivity contribution in [2.75, 3.05) is 6.54 Å². The molecule has 0 spiro atoms. The topological polar surface area (TPSA) is 100 Å². The van der Waals surface area contributed by atoms with Gasteiger partial charge in [0.25, 0.3) is 0 Å². The van der Waals surface area contributed by atoms with Crippen LogP contribution in [0.2, 0.25) is 0 Å². The zero-order valence-electron chi connectivity index (χ0n) is 10.3. The molecule has 1 heterocycles. The summed E-state index contributed by atoms with van der Waals surface area (Å²) in [4.78, 5) is 33.8. The number of carboxylic acids is 1. The van der Waals surface area contributed by atoms with Gasteiger partial charge < -0.3 is 20.3 Å². The average molecular weight is 265 g/mol. The van der Waals surface area contributed by atoms with E-state index in [1.807, 2.05) is 0 Å². The van der Waals surface area contributed by atoms with Gasteiger partial charge in [0.2, 0.25) is 11.8 Å². The summed E-state index contributed by atoms with van der Waals surface area (Å²) >= 11 is 0. The van der Waals surface area contributed by atoms with E-state index in [0.717, 1.165) is 12.8 Å². The van der Waals surface area contributed by atoms with Crippen LogP contribution in [0.1, 0.15) is 23.3 Å². The van der Waals surface area contributed by atoms with Gasteiger partial charge in [0, 0.05) is 12.2 Å². The number of amides is 2. The van der Waals surface area contributed by atoms with Gasteiger partial charge in [-0.1, -0.05) is 0 Å². The number of aromatic nitrogens is 1. The zero-order valence-corrected chi connectivity index (χ0v) is 10.3. The van der Waals surface area contributed by atoms with Crippen molar-refractivity contribution in [2.24, 2.45) is 0 Å². The fourth-order valence-electron chi connectivity index (χ4n) is 1.64. The highest BCUT2D eigenvalue weighted by Crippen LogP contribution is 2.18. The van der Waals surface area contributed by atoms with E-state index in [1.165, 1.54) is 16.8 Å². The lowest BCUT2D eigenvalue weighted by Gasteiger charge is -2.08. The van der Waals surface area contributed by atoms with Gasteiger partial charge in [0.1, 0.15) is 12.2 Å². The Balaban J connectivity index is 1.78. The van der Waals surface area contributed by atoms with E-state index in [-0.39, 0.29) is 30.7 Å². The zero-order chi connectivity index (χ0) is 13.8. The highest BCUT2D eigenvalue weighted by Gasteiger charge is 2.23. The van der Waals surface area contributed by atoms with E-state index in [4.69, 9.17) is 5.11 Å². The number of aromatic carboxylic acids is 1. The molecule has 0 atom stereocenters. The summed E-state index contributed by atoms with van der Waals surface area (Å²) in [5.74, 6) is -1.71. The first-order valence-corrected chi connectivity index (χ1v) is 6.01. The Morgan fingerprint density at radius 3 is 2.68 bits per heavy atom. The Hall–Kier alpha value is -2.31. The molecule has 102 valence electrons. The number of carbonyl (C=O) groups is 3. The van der Waals surface area contributed by atoms with E-state index in [1.54, 1.807) is 6.07 Å². The fraction of sp³-hybridized carbons (Fsp3) is 0.417. The van der Waals surface area contributed by atoms with Crippen LogP contribution in [0.5, 0.6) is 0 Å². The predicted octanol–water partition coefficient (Wildman–Crippen LogP) is -0.419. The lowest BCUT2D eigenvalue weighted by Crippen LogP contribution is -2.39. The van der Waals surface area contributed by atoms with Crippen molar-refractivity contribution < 1.29 is 19.5 Å². The largest absolute Gasteiger partial charge is 0.477 e. The van der Waals surface area contributed by atoms with Crippen molar-refractivity contribution in [2.45, 2.75) is 25.4 Å². The molecule has 0 bridgehead atoms. The van der Waals surface area contributed by atoms with Crippen LogP contribution < -0.4 is 10.6 Å². The maximum atomic E-state index is 11.6. The molecule has 1 saturated carbocycles. The van der Waals surface area contributed by atoms with Crippen LogP contribution in [0.4, 0.5) is 0 Å². The minimum absolute atomic E-state index is 0.0394. The van der Waals surface area contributed by atoms with Crippen molar-refractivity contribution in [3.05, 3.63) is 24.0 Å².